The van der Waals surface area contributed by atoms with Gasteiger partial charge in [-0.15, -0.1) is 0 Å². The highest BCUT2D eigenvalue weighted by Crippen LogP contribution is 2.06. The van der Waals surface area contributed by atoms with Gasteiger partial charge in [0.25, 0.3) is 0 Å². The lowest BCUT2D eigenvalue weighted by Gasteiger charge is -2.06. The fourth-order valence-electron chi connectivity index (χ4n) is 1.26. The van der Waals surface area contributed by atoms with E-state index < -0.39 is 0 Å². The molecule has 0 bridgehead atoms. The van der Waals surface area contributed by atoms with E-state index in [2.05, 4.69) is 15.6 Å². The van der Waals surface area contributed by atoms with Crippen LogP contribution in [0.1, 0.15) is 19.0 Å². The number of aryl methyl sites for hydroxylation is 1. The Balaban J connectivity index is 2.28. The van der Waals surface area contributed by atoms with Gasteiger partial charge in [0.15, 0.2) is 0 Å². The molecule has 82 valence electrons. The summed E-state index contributed by atoms with van der Waals surface area (Å²) in [5.41, 5.74) is 1.98. The Morgan fingerprint density at radius 2 is 2.33 bits per heavy atom. The standard InChI is InChI=1S/C11H17N3O/c1-3-12-11(15)5-7-14-10-4-6-13-9(2)8-10/h4,6,8H,3,5,7H2,1-2H3,(H,12,15)(H,13,14). The second kappa shape index (κ2) is 6.01. The smallest absolute Gasteiger partial charge is 0.221 e. The third-order valence-corrected chi connectivity index (χ3v) is 1.95. The second-order valence-electron chi connectivity index (χ2n) is 3.32. The maximum Gasteiger partial charge on any atom is 0.221 e. The highest BCUT2D eigenvalue weighted by atomic mass is 16.1. The molecule has 0 atom stereocenters. The molecule has 1 aromatic rings. The fourth-order valence-corrected chi connectivity index (χ4v) is 1.26. The Kier molecular flexibility index (Phi) is 4.60. The van der Waals surface area contributed by atoms with Crippen molar-refractivity contribution in [2.24, 2.45) is 0 Å². The topological polar surface area (TPSA) is 54.0 Å². The fraction of sp³-hybridized carbons (Fsp3) is 0.455. The SMILES string of the molecule is CCNC(=O)CCNc1ccnc(C)c1. The molecule has 1 rings (SSSR count). The summed E-state index contributed by atoms with van der Waals surface area (Å²) in [5, 5.41) is 5.93. The normalized spacial score (nSPS) is 9.73. The molecule has 1 amide bonds. The molecule has 1 aromatic heterocycles. The third-order valence-electron chi connectivity index (χ3n) is 1.95. The summed E-state index contributed by atoms with van der Waals surface area (Å²) in [6.07, 6.45) is 2.25. The van der Waals surface area contributed by atoms with Gasteiger partial charge >= 0.3 is 0 Å². The van der Waals surface area contributed by atoms with Crippen molar-refractivity contribution in [3.63, 3.8) is 0 Å². The summed E-state index contributed by atoms with van der Waals surface area (Å²) in [5.74, 6) is 0.0794. The predicted molar refractivity (Wildman–Crippen MR) is 60.8 cm³/mol. The molecule has 15 heavy (non-hydrogen) atoms. The third kappa shape index (κ3) is 4.44. The van der Waals surface area contributed by atoms with Crippen LogP contribution >= 0.6 is 0 Å². The monoisotopic (exact) mass is 207 g/mol. The first-order valence-electron chi connectivity index (χ1n) is 5.15. The minimum absolute atomic E-state index is 0.0794. The quantitative estimate of drug-likeness (QED) is 0.765. The Hall–Kier alpha value is -1.58. The first kappa shape index (κ1) is 11.5. The number of nitrogens with zero attached hydrogens (tertiary/aromatic N) is 1. The molecule has 2 N–H and O–H groups in total. The molecule has 0 aliphatic heterocycles. The highest BCUT2D eigenvalue weighted by Gasteiger charge is 1.98. The number of hydrogen-bond donors (Lipinski definition) is 2. The van der Waals surface area contributed by atoms with Crippen LogP contribution < -0.4 is 10.6 Å². The van der Waals surface area contributed by atoms with E-state index in [1.165, 1.54) is 0 Å². The molecule has 0 saturated heterocycles. The van der Waals surface area contributed by atoms with Crippen LogP contribution in [-0.4, -0.2) is 24.0 Å². The van der Waals surface area contributed by atoms with Crippen molar-refractivity contribution in [3.8, 4) is 0 Å². The zero-order chi connectivity index (χ0) is 11.1. The van der Waals surface area contributed by atoms with Crippen molar-refractivity contribution >= 4 is 11.6 Å². The van der Waals surface area contributed by atoms with Crippen LogP contribution in [0.4, 0.5) is 5.69 Å². The molecule has 4 nitrogen and oxygen atoms in total. The number of carbonyl (C=O) groups excluding carboxylic acids is 1. The van der Waals surface area contributed by atoms with Gasteiger partial charge in [-0.1, -0.05) is 0 Å². The molecule has 0 saturated carbocycles. The zero-order valence-corrected chi connectivity index (χ0v) is 9.21. The van der Waals surface area contributed by atoms with Crippen molar-refractivity contribution in [3.05, 3.63) is 24.0 Å². The molecule has 1 heterocycles. The lowest BCUT2D eigenvalue weighted by atomic mass is 10.3. The second-order valence-corrected chi connectivity index (χ2v) is 3.32. The highest BCUT2D eigenvalue weighted by molar-refractivity contribution is 5.76. The molecule has 0 fully saturated rings. The molecule has 0 aliphatic carbocycles. The molecule has 0 spiro atoms. The van der Waals surface area contributed by atoms with Gasteiger partial charge in [-0.3, -0.25) is 9.78 Å². The first-order valence-corrected chi connectivity index (χ1v) is 5.15. The zero-order valence-electron chi connectivity index (χ0n) is 9.21. The van der Waals surface area contributed by atoms with Crippen LogP contribution in [0.25, 0.3) is 0 Å². The molecular weight excluding hydrogens is 190 g/mol. The van der Waals surface area contributed by atoms with E-state index in [0.29, 0.717) is 19.5 Å². The number of amides is 1. The van der Waals surface area contributed by atoms with Crippen molar-refractivity contribution in [2.75, 3.05) is 18.4 Å². The van der Waals surface area contributed by atoms with Gasteiger partial charge in [-0.05, 0) is 26.0 Å². The van der Waals surface area contributed by atoms with E-state index in [0.717, 1.165) is 11.4 Å². The lowest BCUT2D eigenvalue weighted by molar-refractivity contribution is -0.120. The van der Waals surface area contributed by atoms with Crippen LogP contribution in [-0.2, 0) is 4.79 Å². The van der Waals surface area contributed by atoms with Gasteiger partial charge in [-0.2, -0.15) is 0 Å². The van der Waals surface area contributed by atoms with Crippen molar-refractivity contribution in [1.82, 2.24) is 10.3 Å². The molecule has 0 aliphatic rings. The van der Waals surface area contributed by atoms with Crippen LogP contribution in [0.2, 0.25) is 0 Å². The molecular formula is C11H17N3O. The van der Waals surface area contributed by atoms with Gasteiger partial charge in [0.1, 0.15) is 0 Å². The number of pyridine rings is 1. The molecule has 0 radical (unpaired) electrons. The largest absolute Gasteiger partial charge is 0.384 e. The van der Waals surface area contributed by atoms with Crippen molar-refractivity contribution in [2.45, 2.75) is 20.3 Å². The van der Waals surface area contributed by atoms with E-state index in [-0.39, 0.29) is 5.91 Å². The Bertz CT molecular complexity index is 325. The average Bonchev–Trinajstić information content (AvgIpc) is 2.18. The molecule has 0 unspecified atom stereocenters. The van der Waals surface area contributed by atoms with Gasteiger partial charge in [-0.25, -0.2) is 0 Å². The van der Waals surface area contributed by atoms with Crippen molar-refractivity contribution < 1.29 is 4.79 Å². The summed E-state index contributed by atoms with van der Waals surface area (Å²) >= 11 is 0. The number of nitrogens with one attached hydrogen (secondary N) is 2. The molecule has 0 aromatic carbocycles. The Morgan fingerprint density at radius 1 is 1.53 bits per heavy atom. The van der Waals surface area contributed by atoms with Crippen molar-refractivity contribution in [1.29, 1.82) is 0 Å². The van der Waals surface area contributed by atoms with E-state index in [9.17, 15) is 4.79 Å². The molecule has 4 heteroatoms. The number of rotatable bonds is 5. The lowest BCUT2D eigenvalue weighted by Crippen LogP contribution is -2.24. The van der Waals surface area contributed by atoms with Gasteiger partial charge < -0.3 is 10.6 Å². The van der Waals surface area contributed by atoms with E-state index in [1.54, 1.807) is 6.20 Å². The summed E-state index contributed by atoms with van der Waals surface area (Å²) in [6, 6.07) is 3.85. The number of hydrogen-bond acceptors (Lipinski definition) is 3. The predicted octanol–water partition coefficient (Wildman–Crippen LogP) is 1.33. The summed E-state index contributed by atoms with van der Waals surface area (Å²) in [7, 11) is 0. The Labute approximate surface area is 90.1 Å². The number of carbonyl (C=O) groups is 1. The van der Waals surface area contributed by atoms with Gasteiger partial charge in [0, 0.05) is 37.1 Å². The minimum Gasteiger partial charge on any atom is -0.384 e. The van der Waals surface area contributed by atoms with E-state index in [4.69, 9.17) is 0 Å². The van der Waals surface area contributed by atoms with E-state index >= 15 is 0 Å². The minimum atomic E-state index is 0.0794. The summed E-state index contributed by atoms with van der Waals surface area (Å²) < 4.78 is 0. The van der Waals surface area contributed by atoms with Crippen LogP contribution in [0.5, 0.6) is 0 Å². The van der Waals surface area contributed by atoms with Crippen LogP contribution in [0.15, 0.2) is 18.3 Å². The summed E-state index contributed by atoms with van der Waals surface area (Å²) in [4.78, 5) is 15.2. The maximum absolute atomic E-state index is 11.1. The Morgan fingerprint density at radius 3 is 3.00 bits per heavy atom. The average molecular weight is 207 g/mol. The van der Waals surface area contributed by atoms with E-state index in [1.807, 2.05) is 26.0 Å². The van der Waals surface area contributed by atoms with Crippen LogP contribution in [0, 0.1) is 6.92 Å². The number of anilines is 1. The summed E-state index contributed by atoms with van der Waals surface area (Å²) in [6.45, 7) is 5.19. The maximum atomic E-state index is 11.1. The van der Waals surface area contributed by atoms with Gasteiger partial charge in [0.05, 0.1) is 0 Å². The number of aromatic nitrogens is 1. The van der Waals surface area contributed by atoms with Gasteiger partial charge in [0.2, 0.25) is 5.91 Å². The first-order chi connectivity index (χ1) is 7.22. The van der Waals surface area contributed by atoms with Crippen LogP contribution in [0.3, 0.4) is 0 Å².